The first-order valence-electron chi connectivity index (χ1n) is 13.8. The summed E-state index contributed by atoms with van der Waals surface area (Å²) in [6.45, 7) is 0.422. The van der Waals surface area contributed by atoms with Crippen LogP contribution in [-0.2, 0) is 16.0 Å². The van der Waals surface area contributed by atoms with Crippen LogP contribution in [0.1, 0.15) is 70.0 Å². The van der Waals surface area contributed by atoms with Crippen LogP contribution in [0.15, 0.2) is 66.7 Å². The summed E-state index contributed by atoms with van der Waals surface area (Å²) in [6.07, 6.45) is 5.45. The van der Waals surface area contributed by atoms with E-state index in [1.54, 1.807) is 36.2 Å². The number of rotatable bonds is 6. The molecule has 1 aliphatic heterocycles. The zero-order chi connectivity index (χ0) is 28.2. The summed E-state index contributed by atoms with van der Waals surface area (Å²) in [5.74, 6) is -1.60. The second-order valence-corrected chi connectivity index (χ2v) is 10.4. The smallest absolute Gasteiger partial charge is 0.335 e. The van der Waals surface area contributed by atoms with Gasteiger partial charge in [0.05, 0.1) is 5.56 Å². The van der Waals surface area contributed by atoms with Gasteiger partial charge in [0.25, 0.3) is 11.8 Å². The highest BCUT2D eigenvalue weighted by Crippen LogP contribution is 2.39. The Hall–Kier alpha value is -4.46. The summed E-state index contributed by atoms with van der Waals surface area (Å²) < 4.78 is 0. The molecule has 3 amide bonds. The van der Waals surface area contributed by atoms with Crippen molar-refractivity contribution >= 4 is 29.4 Å². The number of fused-ring (bicyclic) bond motifs is 1. The molecule has 1 heterocycles. The van der Waals surface area contributed by atoms with Crippen molar-refractivity contribution < 1.29 is 24.3 Å². The van der Waals surface area contributed by atoms with Crippen LogP contribution in [0.5, 0.6) is 0 Å². The molecular weight excluding hydrogens is 506 g/mol. The SMILES string of the molecule is CNC(=O)c1ccc(-c2cccc3c2CCN(C(=O)C2CCCCC2)C3C(=O)Nc2ccc(C(=O)O)cc2)cc1. The molecule has 206 valence electrons. The third kappa shape index (κ3) is 5.47. The van der Waals surface area contributed by atoms with Gasteiger partial charge in [0, 0.05) is 30.8 Å². The molecule has 3 aromatic rings. The average molecular weight is 540 g/mol. The highest BCUT2D eigenvalue weighted by atomic mass is 16.4. The van der Waals surface area contributed by atoms with Gasteiger partial charge in [-0.1, -0.05) is 49.6 Å². The van der Waals surface area contributed by atoms with Crippen molar-refractivity contribution in [1.82, 2.24) is 10.2 Å². The van der Waals surface area contributed by atoms with Crippen LogP contribution < -0.4 is 10.6 Å². The predicted molar refractivity (Wildman–Crippen MR) is 152 cm³/mol. The minimum atomic E-state index is -1.04. The summed E-state index contributed by atoms with van der Waals surface area (Å²) in [5, 5.41) is 14.8. The van der Waals surface area contributed by atoms with Crippen LogP contribution in [-0.4, -0.2) is 47.3 Å². The van der Waals surface area contributed by atoms with Gasteiger partial charge in [-0.25, -0.2) is 4.79 Å². The molecule has 1 saturated carbocycles. The van der Waals surface area contributed by atoms with Crippen LogP contribution >= 0.6 is 0 Å². The Morgan fingerprint density at radius 3 is 2.17 bits per heavy atom. The standard InChI is InChI=1S/C32H33N3O5/c1-33-29(36)21-12-10-20(11-13-21)25-8-5-9-27-26(25)18-19-35(31(38)22-6-3-2-4-7-22)28(27)30(37)34-24-16-14-23(15-17-24)32(39)40/h5,8-17,22,28H,2-4,6-7,18-19H2,1H3,(H,33,36)(H,34,37)(H,39,40). The van der Waals surface area contributed by atoms with Gasteiger partial charge in [-0.2, -0.15) is 0 Å². The minimum absolute atomic E-state index is 0.0204. The number of nitrogens with one attached hydrogen (secondary N) is 2. The molecule has 8 heteroatoms. The van der Waals surface area contributed by atoms with Gasteiger partial charge in [0.15, 0.2) is 0 Å². The number of carboxylic acids is 1. The van der Waals surface area contributed by atoms with Crippen LogP contribution in [0.25, 0.3) is 11.1 Å². The molecule has 0 saturated heterocycles. The van der Waals surface area contributed by atoms with E-state index < -0.39 is 12.0 Å². The van der Waals surface area contributed by atoms with E-state index in [2.05, 4.69) is 10.6 Å². The fourth-order valence-electron chi connectivity index (χ4n) is 5.90. The second-order valence-electron chi connectivity index (χ2n) is 10.4. The van der Waals surface area contributed by atoms with E-state index >= 15 is 0 Å². The van der Waals surface area contributed by atoms with Crippen LogP contribution in [0.4, 0.5) is 5.69 Å². The maximum absolute atomic E-state index is 13.9. The van der Waals surface area contributed by atoms with E-state index in [4.69, 9.17) is 0 Å². The minimum Gasteiger partial charge on any atom is -0.478 e. The zero-order valence-electron chi connectivity index (χ0n) is 22.5. The van der Waals surface area contributed by atoms with Crippen molar-refractivity contribution in [2.45, 2.75) is 44.6 Å². The molecule has 1 aliphatic carbocycles. The Bertz CT molecular complexity index is 1430. The Labute approximate surface area is 233 Å². The van der Waals surface area contributed by atoms with Crippen molar-refractivity contribution in [3.8, 4) is 11.1 Å². The Morgan fingerprint density at radius 2 is 1.52 bits per heavy atom. The molecule has 8 nitrogen and oxygen atoms in total. The molecule has 5 rings (SSSR count). The van der Waals surface area contributed by atoms with Crippen molar-refractivity contribution in [1.29, 1.82) is 0 Å². The number of carbonyl (C=O) groups is 4. The Balaban J connectivity index is 1.51. The fraction of sp³-hybridized carbons (Fsp3) is 0.312. The van der Waals surface area contributed by atoms with Gasteiger partial charge in [-0.3, -0.25) is 14.4 Å². The molecule has 0 bridgehead atoms. The van der Waals surface area contributed by atoms with E-state index in [0.29, 0.717) is 24.2 Å². The number of amides is 3. The number of carbonyl (C=O) groups excluding carboxylic acids is 3. The van der Waals surface area contributed by atoms with Gasteiger partial charge in [-0.15, -0.1) is 0 Å². The molecule has 2 aliphatic rings. The van der Waals surface area contributed by atoms with Gasteiger partial charge >= 0.3 is 5.97 Å². The molecule has 0 radical (unpaired) electrons. The topological polar surface area (TPSA) is 116 Å². The summed E-state index contributed by atoms with van der Waals surface area (Å²) in [7, 11) is 1.59. The van der Waals surface area contributed by atoms with Crippen LogP contribution in [0, 0.1) is 5.92 Å². The largest absolute Gasteiger partial charge is 0.478 e. The highest BCUT2D eigenvalue weighted by Gasteiger charge is 2.39. The molecule has 1 unspecified atom stereocenters. The summed E-state index contributed by atoms with van der Waals surface area (Å²) >= 11 is 0. The monoisotopic (exact) mass is 539 g/mol. The molecule has 40 heavy (non-hydrogen) atoms. The lowest BCUT2D eigenvalue weighted by Gasteiger charge is -2.39. The van der Waals surface area contributed by atoms with Crippen molar-refractivity contribution in [2.75, 3.05) is 18.9 Å². The van der Waals surface area contributed by atoms with Gasteiger partial charge < -0.3 is 20.6 Å². The summed E-state index contributed by atoms with van der Waals surface area (Å²) in [4.78, 5) is 52.7. The number of hydrogen-bond donors (Lipinski definition) is 3. The molecule has 3 N–H and O–H groups in total. The zero-order valence-corrected chi connectivity index (χ0v) is 22.5. The van der Waals surface area contributed by atoms with Gasteiger partial charge in [0.2, 0.25) is 5.91 Å². The highest BCUT2D eigenvalue weighted by molar-refractivity contribution is 6.00. The number of carboxylic acid groups (broad SMARTS) is 1. The lowest BCUT2D eigenvalue weighted by atomic mass is 9.83. The summed E-state index contributed by atoms with van der Waals surface area (Å²) in [5.41, 5.74) is 4.84. The van der Waals surface area contributed by atoms with Crippen molar-refractivity contribution in [3.05, 3.63) is 89.0 Å². The predicted octanol–water partition coefficient (Wildman–Crippen LogP) is 5.06. The van der Waals surface area contributed by atoms with Crippen LogP contribution in [0.2, 0.25) is 0 Å². The Morgan fingerprint density at radius 1 is 0.850 bits per heavy atom. The first-order chi connectivity index (χ1) is 19.4. The number of nitrogens with zero attached hydrogens (tertiary/aromatic N) is 1. The third-order valence-corrected chi connectivity index (χ3v) is 7.99. The van der Waals surface area contributed by atoms with E-state index in [-0.39, 0.29) is 29.2 Å². The number of anilines is 1. The second kappa shape index (κ2) is 11.7. The third-order valence-electron chi connectivity index (χ3n) is 7.99. The molecule has 1 fully saturated rings. The first-order valence-corrected chi connectivity index (χ1v) is 13.8. The van der Waals surface area contributed by atoms with Gasteiger partial charge in [-0.05, 0) is 77.9 Å². The van der Waals surface area contributed by atoms with E-state index in [1.807, 2.05) is 30.3 Å². The summed E-state index contributed by atoms with van der Waals surface area (Å²) in [6, 6.07) is 18.4. The van der Waals surface area contributed by atoms with Crippen molar-refractivity contribution in [3.63, 3.8) is 0 Å². The first kappa shape index (κ1) is 27.1. The number of hydrogen-bond acceptors (Lipinski definition) is 4. The lowest BCUT2D eigenvalue weighted by Crippen LogP contribution is -2.48. The molecule has 1 atom stereocenters. The maximum atomic E-state index is 13.9. The normalized spacial score (nSPS) is 17.0. The quantitative estimate of drug-likeness (QED) is 0.405. The van der Waals surface area contributed by atoms with E-state index in [9.17, 15) is 24.3 Å². The molecule has 0 aromatic heterocycles. The fourth-order valence-corrected chi connectivity index (χ4v) is 5.90. The van der Waals surface area contributed by atoms with Crippen LogP contribution in [0.3, 0.4) is 0 Å². The lowest BCUT2D eigenvalue weighted by molar-refractivity contribution is -0.143. The van der Waals surface area contributed by atoms with Gasteiger partial charge in [0.1, 0.15) is 6.04 Å². The van der Waals surface area contributed by atoms with E-state index in [0.717, 1.165) is 54.4 Å². The van der Waals surface area contributed by atoms with Crippen molar-refractivity contribution in [2.24, 2.45) is 5.92 Å². The van der Waals surface area contributed by atoms with E-state index in [1.165, 1.54) is 12.1 Å². The average Bonchev–Trinajstić information content (AvgIpc) is 3.00. The number of benzene rings is 3. The number of aromatic carboxylic acids is 1. The maximum Gasteiger partial charge on any atom is 0.335 e. The molecule has 0 spiro atoms. The Kier molecular flexibility index (Phi) is 7.96. The molecular formula is C32H33N3O5. The molecule has 3 aromatic carbocycles.